The molecule has 1 aromatic heterocycles. The second-order valence-corrected chi connectivity index (χ2v) is 4.28. The predicted molar refractivity (Wildman–Crippen MR) is 65.0 cm³/mol. The minimum Gasteiger partial charge on any atom is -0.481 e. The van der Waals surface area contributed by atoms with Crippen LogP contribution in [0.4, 0.5) is 0 Å². The van der Waals surface area contributed by atoms with Crippen molar-refractivity contribution in [2.24, 2.45) is 0 Å². The third kappa shape index (κ3) is 3.41. The molecule has 0 aliphatic carbocycles. The maximum Gasteiger partial charge on any atom is 0.306 e. The molecule has 1 aromatic rings. The maximum atomic E-state index is 12.2. The molecule has 7 nitrogen and oxygen atoms in total. The van der Waals surface area contributed by atoms with Gasteiger partial charge in [0.1, 0.15) is 0 Å². The number of amides is 1. The van der Waals surface area contributed by atoms with Gasteiger partial charge in [-0.1, -0.05) is 0 Å². The number of hydrogen-bond donors (Lipinski definition) is 2. The lowest BCUT2D eigenvalue weighted by molar-refractivity contribution is -0.141. The van der Waals surface area contributed by atoms with Crippen LogP contribution < -0.4 is 5.56 Å². The van der Waals surface area contributed by atoms with Crippen LogP contribution in [0, 0.1) is 0 Å². The minimum absolute atomic E-state index is 0.140. The Labute approximate surface area is 108 Å². The van der Waals surface area contributed by atoms with Crippen LogP contribution in [-0.2, 0) is 9.53 Å². The third-order valence-electron chi connectivity index (χ3n) is 2.85. The summed E-state index contributed by atoms with van der Waals surface area (Å²) in [6.07, 6.45) is 0.765. The van der Waals surface area contributed by atoms with E-state index < -0.39 is 12.1 Å². The van der Waals surface area contributed by atoms with Crippen LogP contribution in [0.15, 0.2) is 23.1 Å². The standard InChI is InChI=1S/C12H14N2O5/c15-10-5-8(1-2-13-10)12(18)14-3-4-19-9(7-14)6-11(16)17/h1-2,5,9H,3-4,6-7H2,(H,13,15)(H,16,17). The first-order valence-corrected chi connectivity index (χ1v) is 5.87. The zero-order valence-electron chi connectivity index (χ0n) is 10.2. The summed E-state index contributed by atoms with van der Waals surface area (Å²) in [5, 5.41) is 8.72. The number of ether oxygens (including phenoxy) is 1. The average Bonchev–Trinajstić information content (AvgIpc) is 2.37. The molecule has 1 aliphatic rings. The summed E-state index contributed by atoms with van der Waals surface area (Å²) in [4.78, 5) is 37.9. The van der Waals surface area contributed by atoms with E-state index in [4.69, 9.17) is 9.84 Å². The van der Waals surface area contributed by atoms with Gasteiger partial charge in [-0.2, -0.15) is 0 Å². The fourth-order valence-corrected chi connectivity index (χ4v) is 1.98. The Kier molecular flexibility index (Phi) is 3.96. The van der Waals surface area contributed by atoms with E-state index >= 15 is 0 Å². The Morgan fingerprint density at radius 3 is 3.00 bits per heavy atom. The van der Waals surface area contributed by atoms with Crippen LogP contribution in [0.3, 0.4) is 0 Å². The van der Waals surface area contributed by atoms with Gasteiger partial charge in [-0.05, 0) is 6.07 Å². The smallest absolute Gasteiger partial charge is 0.306 e. The van der Waals surface area contributed by atoms with E-state index in [0.717, 1.165) is 0 Å². The number of aliphatic carboxylic acids is 1. The summed E-state index contributed by atoms with van der Waals surface area (Å²) in [7, 11) is 0. The largest absolute Gasteiger partial charge is 0.481 e. The summed E-state index contributed by atoms with van der Waals surface area (Å²) in [5.74, 6) is -1.25. The monoisotopic (exact) mass is 266 g/mol. The molecule has 1 fully saturated rings. The van der Waals surface area contributed by atoms with Gasteiger partial charge in [-0.15, -0.1) is 0 Å². The van der Waals surface area contributed by atoms with E-state index in [2.05, 4.69) is 4.98 Å². The van der Waals surface area contributed by atoms with Crippen molar-refractivity contribution >= 4 is 11.9 Å². The Bertz CT molecular complexity index is 539. The lowest BCUT2D eigenvalue weighted by Crippen LogP contribution is -2.46. The summed E-state index contributed by atoms with van der Waals surface area (Å²) in [5.41, 5.74) is -0.0547. The molecular weight excluding hydrogens is 252 g/mol. The highest BCUT2D eigenvalue weighted by atomic mass is 16.5. The summed E-state index contributed by atoms with van der Waals surface area (Å²) in [6.45, 7) is 0.909. The first-order chi connectivity index (χ1) is 9.06. The van der Waals surface area contributed by atoms with E-state index in [-0.39, 0.29) is 24.4 Å². The van der Waals surface area contributed by atoms with Crippen LogP contribution in [0.25, 0.3) is 0 Å². The molecule has 1 unspecified atom stereocenters. The van der Waals surface area contributed by atoms with E-state index in [1.165, 1.54) is 23.2 Å². The molecule has 0 spiro atoms. The number of aromatic amines is 1. The molecule has 102 valence electrons. The second kappa shape index (κ2) is 5.66. The van der Waals surface area contributed by atoms with Gasteiger partial charge in [0.25, 0.3) is 5.91 Å². The molecule has 2 heterocycles. The van der Waals surface area contributed by atoms with Crippen molar-refractivity contribution in [1.82, 2.24) is 9.88 Å². The first kappa shape index (κ1) is 13.3. The summed E-state index contributed by atoms with van der Waals surface area (Å²) < 4.78 is 5.29. The van der Waals surface area contributed by atoms with Crippen molar-refractivity contribution in [3.05, 3.63) is 34.2 Å². The van der Waals surface area contributed by atoms with Gasteiger partial charge in [-0.3, -0.25) is 14.4 Å². The molecule has 0 radical (unpaired) electrons. The minimum atomic E-state index is -0.963. The topological polar surface area (TPSA) is 99.7 Å². The van der Waals surface area contributed by atoms with Crippen LogP contribution in [0.5, 0.6) is 0 Å². The van der Waals surface area contributed by atoms with Crippen LogP contribution in [-0.4, -0.2) is 52.7 Å². The van der Waals surface area contributed by atoms with Gasteiger partial charge in [0.15, 0.2) is 0 Å². The number of hydrogen-bond acceptors (Lipinski definition) is 4. The Hall–Kier alpha value is -2.15. The van der Waals surface area contributed by atoms with Crippen molar-refractivity contribution in [2.75, 3.05) is 19.7 Å². The highest BCUT2D eigenvalue weighted by Gasteiger charge is 2.26. The summed E-state index contributed by atoms with van der Waals surface area (Å²) >= 11 is 0. The number of nitrogens with zero attached hydrogens (tertiary/aromatic N) is 1. The van der Waals surface area contributed by atoms with Crippen LogP contribution in [0.1, 0.15) is 16.8 Å². The Morgan fingerprint density at radius 2 is 2.32 bits per heavy atom. The predicted octanol–water partition coefficient (Wildman–Crippen LogP) is -0.309. The van der Waals surface area contributed by atoms with Gasteiger partial charge in [0, 0.05) is 30.9 Å². The number of rotatable bonds is 3. The van der Waals surface area contributed by atoms with Crippen molar-refractivity contribution in [3.63, 3.8) is 0 Å². The van der Waals surface area contributed by atoms with Gasteiger partial charge in [0.2, 0.25) is 5.56 Å². The number of nitrogens with one attached hydrogen (secondary N) is 1. The fraction of sp³-hybridized carbons (Fsp3) is 0.417. The highest BCUT2D eigenvalue weighted by molar-refractivity contribution is 5.94. The van der Waals surface area contributed by atoms with Crippen LogP contribution in [0.2, 0.25) is 0 Å². The van der Waals surface area contributed by atoms with Gasteiger partial charge < -0.3 is 19.7 Å². The zero-order valence-corrected chi connectivity index (χ0v) is 10.2. The lowest BCUT2D eigenvalue weighted by Gasteiger charge is -2.32. The highest BCUT2D eigenvalue weighted by Crippen LogP contribution is 2.11. The number of carboxylic acids is 1. The average molecular weight is 266 g/mol. The quantitative estimate of drug-likeness (QED) is 0.781. The Morgan fingerprint density at radius 1 is 1.53 bits per heavy atom. The van der Waals surface area contributed by atoms with Crippen LogP contribution >= 0.6 is 0 Å². The third-order valence-corrected chi connectivity index (χ3v) is 2.85. The van der Waals surface area contributed by atoms with Crippen molar-refractivity contribution in [3.8, 4) is 0 Å². The van der Waals surface area contributed by atoms with E-state index in [1.807, 2.05) is 0 Å². The SMILES string of the molecule is O=C(O)CC1CN(C(=O)c2cc[nH]c(=O)c2)CCO1. The second-order valence-electron chi connectivity index (χ2n) is 4.28. The van der Waals surface area contributed by atoms with Gasteiger partial charge >= 0.3 is 5.97 Å². The number of carbonyl (C=O) groups is 2. The molecule has 7 heteroatoms. The first-order valence-electron chi connectivity index (χ1n) is 5.87. The molecule has 1 aliphatic heterocycles. The molecular formula is C12H14N2O5. The van der Waals surface area contributed by atoms with Crippen molar-refractivity contribution in [1.29, 1.82) is 0 Å². The molecule has 1 amide bonds. The molecule has 0 bridgehead atoms. The molecule has 0 aromatic carbocycles. The van der Waals surface area contributed by atoms with Gasteiger partial charge in [-0.25, -0.2) is 0 Å². The van der Waals surface area contributed by atoms with Gasteiger partial charge in [0.05, 0.1) is 19.1 Å². The normalized spacial score (nSPS) is 19.2. The zero-order chi connectivity index (χ0) is 13.8. The molecule has 0 saturated carbocycles. The molecule has 19 heavy (non-hydrogen) atoms. The number of carboxylic acid groups (broad SMARTS) is 1. The number of carbonyl (C=O) groups excluding carboxylic acids is 1. The molecule has 1 saturated heterocycles. The molecule has 2 N–H and O–H groups in total. The van der Waals surface area contributed by atoms with E-state index in [9.17, 15) is 14.4 Å². The lowest BCUT2D eigenvalue weighted by atomic mass is 10.1. The molecule has 1 atom stereocenters. The number of H-pyrrole nitrogens is 1. The van der Waals surface area contributed by atoms with Crippen molar-refractivity contribution < 1.29 is 19.4 Å². The maximum absolute atomic E-state index is 12.2. The summed E-state index contributed by atoms with van der Waals surface area (Å²) in [6, 6.07) is 2.75. The fourth-order valence-electron chi connectivity index (χ4n) is 1.98. The molecule has 2 rings (SSSR count). The number of morpholine rings is 1. The number of pyridine rings is 1. The Balaban J connectivity index is 2.07. The van der Waals surface area contributed by atoms with E-state index in [1.54, 1.807) is 0 Å². The van der Waals surface area contributed by atoms with Crippen molar-refractivity contribution in [2.45, 2.75) is 12.5 Å². The number of aromatic nitrogens is 1. The van der Waals surface area contributed by atoms with E-state index in [0.29, 0.717) is 18.7 Å².